The van der Waals surface area contributed by atoms with Gasteiger partial charge >= 0.3 is 5.00 Å². The highest BCUT2D eigenvalue weighted by Gasteiger charge is 2.31. The van der Waals surface area contributed by atoms with E-state index >= 15 is 0 Å². The van der Waals surface area contributed by atoms with E-state index in [2.05, 4.69) is 5.32 Å². The van der Waals surface area contributed by atoms with E-state index in [0.717, 1.165) is 17.4 Å². The van der Waals surface area contributed by atoms with Gasteiger partial charge in [-0.2, -0.15) is 0 Å². The molecule has 2 rings (SSSR count). The van der Waals surface area contributed by atoms with Crippen molar-refractivity contribution in [2.45, 2.75) is 6.92 Å². The molecule has 0 spiro atoms. The van der Waals surface area contributed by atoms with Gasteiger partial charge in [-0.25, -0.2) is 0 Å². The number of hydrogen-bond donors (Lipinski definition) is 1. The summed E-state index contributed by atoms with van der Waals surface area (Å²) in [7, 11) is 0. The van der Waals surface area contributed by atoms with Gasteiger partial charge in [0, 0.05) is 25.3 Å². The van der Waals surface area contributed by atoms with Crippen molar-refractivity contribution in [2.75, 3.05) is 19.8 Å². The van der Waals surface area contributed by atoms with Crippen molar-refractivity contribution in [3.63, 3.8) is 0 Å². The molecule has 1 heterocycles. The fraction of sp³-hybridized carbons (Fsp3) is 0.333. The van der Waals surface area contributed by atoms with Gasteiger partial charge in [0.05, 0.1) is 27.7 Å². The van der Waals surface area contributed by atoms with Crippen molar-refractivity contribution < 1.29 is 19.2 Å². The van der Waals surface area contributed by atoms with Crippen LogP contribution in [0.3, 0.4) is 0 Å². The molecule has 1 N–H and O–H groups in total. The van der Waals surface area contributed by atoms with E-state index in [9.17, 15) is 19.7 Å². The van der Waals surface area contributed by atoms with Gasteiger partial charge in [0.25, 0.3) is 0 Å². The number of nitrogens with one attached hydrogen (secondary N) is 1. The molecular weight excluding hydrogens is 284 g/mol. The van der Waals surface area contributed by atoms with Gasteiger partial charge in [0.15, 0.2) is 5.78 Å². The van der Waals surface area contributed by atoms with Crippen LogP contribution in [0.15, 0.2) is 17.8 Å². The van der Waals surface area contributed by atoms with E-state index in [1.54, 1.807) is 0 Å². The third-order valence-corrected chi connectivity index (χ3v) is 3.75. The maximum atomic E-state index is 12.1. The van der Waals surface area contributed by atoms with Gasteiger partial charge in [0.1, 0.15) is 0 Å². The highest BCUT2D eigenvalue weighted by atomic mass is 32.1. The van der Waals surface area contributed by atoms with Crippen LogP contribution in [0.1, 0.15) is 27.0 Å². The molecule has 1 aromatic rings. The first kappa shape index (κ1) is 14.4. The number of ether oxygens (including phenoxy) is 1. The van der Waals surface area contributed by atoms with Gasteiger partial charge in [-0.3, -0.25) is 19.7 Å². The molecule has 0 bridgehead atoms. The number of fused-ring (bicyclic) bond motifs is 1. The van der Waals surface area contributed by atoms with Crippen LogP contribution < -0.4 is 5.32 Å². The molecule has 0 unspecified atom stereocenters. The number of hydrogen-bond acceptors (Lipinski definition) is 7. The third kappa shape index (κ3) is 2.75. The minimum absolute atomic E-state index is 0.0908. The summed E-state index contributed by atoms with van der Waals surface area (Å²) in [6.07, 6.45) is 1.18. The Hall–Kier alpha value is -2.06. The Morgan fingerprint density at radius 2 is 2.20 bits per heavy atom. The molecule has 1 aliphatic carbocycles. The fourth-order valence-electron chi connectivity index (χ4n) is 1.76. The van der Waals surface area contributed by atoms with Gasteiger partial charge in [0.2, 0.25) is 5.78 Å². The van der Waals surface area contributed by atoms with Crippen LogP contribution in [0, 0.1) is 10.1 Å². The van der Waals surface area contributed by atoms with E-state index in [-0.39, 0.29) is 21.1 Å². The van der Waals surface area contributed by atoms with Crippen LogP contribution >= 0.6 is 11.3 Å². The van der Waals surface area contributed by atoms with Crippen molar-refractivity contribution in [3.05, 3.63) is 38.4 Å². The van der Waals surface area contributed by atoms with Gasteiger partial charge in [-0.05, 0) is 6.92 Å². The lowest BCUT2D eigenvalue weighted by Crippen LogP contribution is -2.28. The topological polar surface area (TPSA) is 98.5 Å². The van der Waals surface area contributed by atoms with Crippen LogP contribution in [0.2, 0.25) is 0 Å². The van der Waals surface area contributed by atoms with E-state index in [4.69, 9.17) is 4.74 Å². The van der Waals surface area contributed by atoms with Gasteiger partial charge < -0.3 is 10.1 Å². The Balaban J connectivity index is 2.16. The average Bonchev–Trinajstić information content (AvgIpc) is 2.86. The molecule has 1 aliphatic rings. The molecule has 0 saturated carbocycles. The molecule has 0 amide bonds. The number of Topliss-reactive ketones (excluding diaryl/α,β-unsaturated/α-hetero) is 1. The van der Waals surface area contributed by atoms with Crippen molar-refractivity contribution in [3.8, 4) is 0 Å². The van der Waals surface area contributed by atoms with Crippen molar-refractivity contribution in [1.82, 2.24) is 5.32 Å². The smallest absolute Gasteiger partial charge is 0.325 e. The van der Waals surface area contributed by atoms with Crippen molar-refractivity contribution in [1.29, 1.82) is 0 Å². The first-order chi connectivity index (χ1) is 9.54. The Morgan fingerprint density at radius 1 is 1.45 bits per heavy atom. The van der Waals surface area contributed by atoms with Crippen LogP contribution in [-0.4, -0.2) is 36.2 Å². The van der Waals surface area contributed by atoms with Crippen LogP contribution in [0.5, 0.6) is 0 Å². The predicted molar refractivity (Wildman–Crippen MR) is 72.2 cm³/mol. The molecule has 0 atom stereocenters. The number of nitro groups is 1. The zero-order valence-corrected chi connectivity index (χ0v) is 11.5. The van der Waals surface area contributed by atoms with Crippen LogP contribution in [0.4, 0.5) is 5.00 Å². The largest absolute Gasteiger partial charge is 0.380 e. The number of carbonyl (C=O) groups is 2. The van der Waals surface area contributed by atoms with E-state index in [1.807, 2.05) is 6.92 Å². The number of thiophene rings is 1. The van der Waals surface area contributed by atoms with Crippen molar-refractivity contribution in [2.24, 2.45) is 0 Å². The van der Waals surface area contributed by atoms with Gasteiger partial charge in [-0.1, -0.05) is 11.3 Å². The van der Waals surface area contributed by atoms with E-state index < -0.39 is 16.5 Å². The number of rotatable bonds is 6. The SMILES string of the molecule is CCOCCNC1=CC(=O)c2sc([N+](=O)[O-])cc2C1=O. The zero-order valence-electron chi connectivity index (χ0n) is 10.7. The molecule has 7 nitrogen and oxygen atoms in total. The summed E-state index contributed by atoms with van der Waals surface area (Å²) in [5.74, 6) is -0.794. The Labute approximate surface area is 118 Å². The van der Waals surface area contributed by atoms with Crippen molar-refractivity contribution >= 4 is 27.9 Å². The van der Waals surface area contributed by atoms with Crippen LogP contribution in [-0.2, 0) is 4.74 Å². The van der Waals surface area contributed by atoms with E-state index in [0.29, 0.717) is 19.8 Å². The highest BCUT2D eigenvalue weighted by molar-refractivity contribution is 7.17. The normalized spacial score (nSPS) is 13.9. The maximum Gasteiger partial charge on any atom is 0.325 e. The summed E-state index contributed by atoms with van der Waals surface area (Å²) < 4.78 is 5.12. The summed E-state index contributed by atoms with van der Waals surface area (Å²) in [6, 6.07) is 1.15. The molecule has 0 saturated heterocycles. The lowest BCUT2D eigenvalue weighted by Gasteiger charge is -2.13. The fourth-order valence-corrected chi connectivity index (χ4v) is 2.64. The molecule has 106 valence electrons. The molecule has 20 heavy (non-hydrogen) atoms. The molecule has 0 aliphatic heterocycles. The number of allylic oxidation sites excluding steroid dienone is 2. The molecule has 0 aromatic carbocycles. The summed E-state index contributed by atoms with van der Waals surface area (Å²) in [4.78, 5) is 34.2. The first-order valence-corrected chi connectivity index (χ1v) is 6.76. The number of nitrogens with zero attached hydrogens (tertiary/aromatic N) is 1. The maximum absolute atomic E-state index is 12.1. The Kier molecular flexibility index (Phi) is 4.26. The summed E-state index contributed by atoms with van der Waals surface area (Å²) in [5.41, 5.74) is 0.239. The lowest BCUT2D eigenvalue weighted by molar-refractivity contribution is -0.380. The minimum atomic E-state index is -0.605. The lowest BCUT2D eigenvalue weighted by atomic mass is 10.0. The quantitative estimate of drug-likeness (QED) is 0.486. The van der Waals surface area contributed by atoms with Gasteiger partial charge in [-0.15, -0.1) is 0 Å². The molecule has 0 radical (unpaired) electrons. The monoisotopic (exact) mass is 296 g/mol. The first-order valence-electron chi connectivity index (χ1n) is 5.95. The molecule has 8 heteroatoms. The third-order valence-electron chi connectivity index (χ3n) is 2.65. The standard InChI is InChI=1S/C12H12N2O5S/c1-2-19-4-3-13-8-6-9(15)12-7(11(8)16)5-10(20-12)14(17)18/h5-6,13H,2-4H2,1H3. The second-order valence-corrected chi connectivity index (χ2v) is 4.99. The number of carbonyl (C=O) groups excluding carboxylic acids is 2. The zero-order chi connectivity index (χ0) is 14.7. The Bertz CT molecular complexity index is 605. The summed E-state index contributed by atoms with van der Waals surface area (Å²) >= 11 is 0.723. The Morgan fingerprint density at radius 3 is 2.85 bits per heavy atom. The van der Waals surface area contributed by atoms with E-state index in [1.165, 1.54) is 6.08 Å². The highest BCUT2D eigenvalue weighted by Crippen LogP contribution is 2.33. The predicted octanol–water partition coefficient (Wildman–Crippen LogP) is 1.55. The minimum Gasteiger partial charge on any atom is -0.380 e. The van der Waals surface area contributed by atoms with Crippen LogP contribution in [0.25, 0.3) is 0 Å². The molecule has 0 fully saturated rings. The summed E-state index contributed by atoms with van der Waals surface area (Å²) in [5, 5.41) is 13.3. The summed E-state index contributed by atoms with van der Waals surface area (Å²) in [6.45, 7) is 3.21. The second-order valence-electron chi connectivity index (χ2n) is 3.96. The molecule has 1 aromatic heterocycles. The number of ketones is 2. The second kappa shape index (κ2) is 5.93. The average molecular weight is 296 g/mol. The molecular formula is C12H12N2O5S.